The van der Waals surface area contributed by atoms with E-state index in [1.807, 2.05) is 43.4 Å². The van der Waals surface area contributed by atoms with Crippen molar-refractivity contribution >= 4 is 40.5 Å². The standard InChI is InChI=1S/C21H27Cl2N3O2/c1-3-4-12-26(17-7-10-19(22)20(23)14-17)13-11-25-21(27)15-28-18-8-5-16(24-2)6-9-18/h5-10,14,24H,3-4,11-13,15H2,1-2H3,(H,25,27). The Bertz CT molecular complexity index is 754. The first-order chi connectivity index (χ1) is 13.5. The van der Waals surface area contributed by atoms with Crippen LogP contribution in [-0.4, -0.2) is 39.2 Å². The average molecular weight is 424 g/mol. The second kappa shape index (κ2) is 11.7. The molecule has 5 nitrogen and oxygen atoms in total. The SMILES string of the molecule is CCCCN(CCNC(=O)COc1ccc(NC)cc1)c1ccc(Cl)c(Cl)c1. The van der Waals surface area contributed by atoms with E-state index in [1.165, 1.54) is 0 Å². The largest absolute Gasteiger partial charge is 0.484 e. The topological polar surface area (TPSA) is 53.6 Å². The summed E-state index contributed by atoms with van der Waals surface area (Å²) in [6.07, 6.45) is 2.14. The van der Waals surface area contributed by atoms with Gasteiger partial charge in [0.1, 0.15) is 5.75 Å². The van der Waals surface area contributed by atoms with Crippen LogP contribution in [0.3, 0.4) is 0 Å². The van der Waals surface area contributed by atoms with Crippen molar-refractivity contribution < 1.29 is 9.53 Å². The predicted octanol–water partition coefficient (Wildman–Crippen LogP) is 4.84. The molecule has 0 saturated heterocycles. The molecule has 152 valence electrons. The number of rotatable bonds is 11. The Balaban J connectivity index is 1.81. The first kappa shape index (κ1) is 22.2. The van der Waals surface area contributed by atoms with Crippen LogP contribution in [0, 0.1) is 0 Å². The van der Waals surface area contributed by atoms with Crippen molar-refractivity contribution in [2.24, 2.45) is 0 Å². The number of halogens is 2. The lowest BCUT2D eigenvalue weighted by atomic mass is 10.2. The fourth-order valence-corrected chi connectivity index (χ4v) is 2.94. The van der Waals surface area contributed by atoms with E-state index < -0.39 is 0 Å². The molecule has 0 aliphatic heterocycles. The summed E-state index contributed by atoms with van der Waals surface area (Å²) in [5, 5.41) is 7.00. The van der Waals surface area contributed by atoms with Gasteiger partial charge in [-0.2, -0.15) is 0 Å². The summed E-state index contributed by atoms with van der Waals surface area (Å²) in [4.78, 5) is 14.3. The van der Waals surface area contributed by atoms with Gasteiger partial charge >= 0.3 is 0 Å². The number of carbonyl (C=O) groups is 1. The zero-order valence-corrected chi connectivity index (χ0v) is 17.8. The third-order valence-corrected chi connectivity index (χ3v) is 5.01. The van der Waals surface area contributed by atoms with Gasteiger partial charge in [0.2, 0.25) is 0 Å². The van der Waals surface area contributed by atoms with E-state index in [0.717, 1.165) is 30.8 Å². The van der Waals surface area contributed by atoms with Crippen LogP contribution in [0.15, 0.2) is 42.5 Å². The van der Waals surface area contributed by atoms with Crippen molar-refractivity contribution in [3.8, 4) is 5.75 Å². The van der Waals surface area contributed by atoms with Gasteiger partial charge < -0.3 is 20.3 Å². The summed E-state index contributed by atoms with van der Waals surface area (Å²) in [5.41, 5.74) is 1.99. The summed E-state index contributed by atoms with van der Waals surface area (Å²) in [6, 6.07) is 13.1. The molecular weight excluding hydrogens is 397 g/mol. The van der Waals surface area contributed by atoms with E-state index in [1.54, 1.807) is 6.07 Å². The molecule has 0 heterocycles. The van der Waals surface area contributed by atoms with Crippen molar-refractivity contribution in [2.45, 2.75) is 19.8 Å². The molecule has 0 aliphatic rings. The molecule has 28 heavy (non-hydrogen) atoms. The fourth-order valence-electron chi connectivity index (χ4n) is 2.65. The van der Waals surface area contributed by atoms with Crippen LogP contribution in [0.25, 0.3) is 0 Å². The third kappa shape index (κ3) is 7.13. The molecule has 0 atom stereocenters. The minimum absolute atomic E-state index is 0.0133. The van der Waals surface area contributed by atoms with Crippen molar-refractivity contribution in [1.29, 1.82) is 0 Å². The maximum Gasteiger partial charge on any atom is 0.258 e. The van der Waals surface area contributed by atoms with Crippen molar-refractivity contribution in [3.05, 3.63) is 52.5 Å². The quantitative estimate of drug-likeness (QED) is 0.542. The van der Waals surface area contributed by atoms with Gasteiger partial charge in [-0.1, -0.05) is 36.5 Å². The van der Waals surface area contributed by atoms with Gasteiger partial charge in [0.05, 0.1) is 10.0 Å². The Morgan fingerprint density at radius 2 is 1.82 bits per heavy atom. The number of benzene rings is 2. The first-order valence-electron chi connectivity index (χ1n) is 9.40. The zero-order valence-electron chi connectivity index (χ0n) is 16.3. The molecule has 2 aromatic rings. The van der Waals surface area contributed by atoms with E-state index in [0.29, 0.717) is 28.9 Å². The average Bonchev–Trinajstić information content (AvgIpc) is 2.71. The van der Waals surface area contributed by atoms with Crippen LogP contribution >= 0.6 is 23.2 Å². The maximum atomic E-state index is 12.1. The summed E-state index contributed by atoms with van der Waals surface area (Å²) in [7, 11) is 1.85. The fraction of sp³-hybridized carbons (Fsp3) is 0.381. The summed E-state index contributed by atoms with van der Waals surface area (Å²) < 4.78 is 5.52. The van der Waals surface area contributed by atoms with E-state index >= 15 is 0 Å². The molecule has 0 saturated carbocycles. The van der Waals surface area contributed by atoms with Crippen LogP contribution in [0.1, 0.15) is 19.8 Å². The van der Waals surface area contributed by atoms with Crippen molar-refractivity contribution in [3.63, 3.8) is 0 Å². The van der Waals surface area contributed by atoms with Crippen LogP contribution in [0.4, 0.5) is 11.4 Å². The molecule has 0 unspecified atom stereocenters. The molecule has 2 rings (SSSR count). The molecule has 7 heteroatoms. The maximum absolute atomic E-state index is 12.1. The summed E-state index contributed by atoms with van der Waals surface area (Å²) in [5.74, 6) is 0.511. The Morgan fingerprint density at radius 3 is 2.46 bits per heavy atom. The lowest BCUT2D eigenvalue weighted by Crippen LogP contribution is -2.37. The van der Waals surface area contributed by atoms with Crippen LogP contribution in [0.2, 0.25) is 10.0 Å². The number of unbranched alkanes of at least 4 members (excludes halogenated alkanes) is 1. The Kier molecular flexibility index (Phi) is 9.24. The van der Waals surface area contributed by atoms with Gasteiger partial charge in [-0.25, -0.2) is 0 Å². The minimum Gasteiger partial charge on any atom is -0.484 e. The highest BCUT2D eigenvalue weighted by Gasteiger charge is 2.10. The number of amides is 1. The second-order valence-electron chi connectivity index (χ2n) is 6.35. The van der Waals surface area contributed by atoms with E-state index in [2.05, 4.69) is 22.5 Å². The van der Waals surface area contributed by atoms with Crippen molar-refractivity contribution in [2.75, 3.05) is 43.5 Å². The molecular formula is C21H27Cl2N3O2. The Hall–Kier alpha value is -2.11. The molecule has 2 N–H and O–H groups in total. The van der Waals surface area contributed by atoms with Crippen molar-refractivity contribution in [1.82, 2.24) is 5.32 Å². The molecule has 1 amide bonds. The lowest BCUT2D eigenvalue weighted by molar-refractivity contribution is -0.123. The van der Waals surface area contributed by atoms with E-state index in [4.69, 9.17) is 27.9 Å². The number of ether oxygens (including phenoxy) is 1. The zero-order chi connectivity index (χ0) is 20.4. The molecule has 0 spiro atoms. The van der Waals surface area contributed by atoms with Gasteiger partial charge in [0, 0.05) is 38.1 Å². The second-order valence-corrected chi connectivity index (χ2v) is 7.17. The number of anilines is 2. The predicted molar refractivity (Wildman–Crippen MR) is 118 cm³/mol. The number of nitrogens with one attached hydrogen (secondary N) is 2. The van der Waals surface area contributed by atoms with Gasteiger partial charge in [-0.15, -0.1) is 0 Å². The number of carbonyl (C=O) groups excluding carboxylic acids is 1. The molecule has 0 aromatic heterocycles. The van der Waals surface area contributed by atoms with Gasteiger partial charge in [-0.05, 0) is 48.9 Å². The molecule has 0 fully saturated rings. The van der Waals surface area contributed by atoms with E-state index in [9.17, 15) is 4.79 Å². The minimum atomic E-state index is -0.151. The smallest absolute Gasteiger partial charge is 0.258 e. The lowest BCUT2D eigenvalue weighted by Gasteiger charge is -2.25. The van der Waals surface area contributed by atoms with Crippen LogP contribution in [0.5, 0.6) is 5.75 Å². The van der Waals surface area contributed by atoms with Gasteiger partial charge in [0.15, 0.2) is 6.61 Å². The highest BCUT2D eigenvalue weighted by Crippen LogP contribution is 2.27. The number of nitrogens with zero attached hydrogens (tertiary/aromatic N) is 1. The van der Waals surface area contributed by atoms with Gasteiger partial charge in [0.25, 0.3) is 5.91 Å². The number of hydrogen-bond donors (Lipinski definition) is 2. The highest BCUT2D eigenvalue weighted by atomic mass is 35.5. The van der Waals surface area contributed by atoms with Crippen LogP contribution in [-0.2, 0) is 4.79 Å². The summed E-state index contributed by atoms with van der Waals surface area (Å²) >= 11 is 12.2. The van der Waals surface area contributed by atoms with Crippen LogP contribution < -0.4 is 20.3 Å². The molecule has 0 radical (unpaired) electrons. The molecule has 0 bridgehead atoms. The van der Waals surface area contributed by atoms with Gasteiger partial charge in [-0.3, -0.25) is 4.79 Å². The Labute approximate surface area is 177 Å². The molecule has 0 aliphatic carbocycles. The highest BCUT2D eigenvalue weighted by molar-refractivity contribution is 6.42. The number of hydrogen-bond acceptors (Lipinski definition) is 4. The summed E-state index contributed by atoms with van der Waals surface area (Å²) in [6.45, 7) is 4.22. The normalized spacial score (nSPS) is 10.4. The first-order valence-corrected chi connectivity index (χ1v) is 10.2. The molecule has 2 aromatic carbocycles. The monoisotopic (exact) mass is 423 g/mol. The Morgan fingerprint density at radius 1 is 1.07 bits per heavy atom. The third-order valence-electron chi connectivity index (χ3n) is 4.27. The van der Waals surface area contributed by atoms with E-state index in [-0.39, 0.29) is 12.5 Å².